The van der Waals surface area contributed by atoms with Crippen LogP contribution in [0.4, 0.5) is 10.2 Å². The monoisotopic (exact) mass is 424 g/mol. The molecule has 154 valence electrons. The van der Waals surface area contributed by atoms with Gasteiger partial charge >= 0.3 is 0 Å². The zero-order valence-corrected chi connectivity index (χ0v) is 17.2. The van der Waals surface area contributed by atoms with Crippen LogP contribution in [0.1, 0.15) is 23.1 Å². The van der Waals surface area contributed by atoms with Gasteiger partial charge in [0.05, 0.1) is 36.8 Å². The first kappa shape index (κ1) is 20.3. The fourth-order valence-electron chi connectivity index (χ4n) is 3.20. The number of hydrogen-bond donors (Lipinski definition) is 3. The molecule has 0 aliphatic heterocycles. The van der Waals surface area contributed by atoms with Gasteiger partial charge in [-0.2, -0.15) is 0 Å². The molecule has 0 atom stereocenters. The number of rotatable bonds is 7. The lowest BCUT2D eigenvalue weighted by Gasteiger charge is -2.14. The lowest BCUT2D eigenvalue weighted by molar-refractivity contribution is 0.188. The van der Waals surface area contributed by atoms with Crippen molar-refractivity contribution in [3.8, 4) is 11.1 Å². The van der Waals surface area contributed by atoms with Gasteiger partial charge in [-0.25, -0.2) is 14.4 Å². The van der Waals surface area contributed by atoms with E-state index in [0.717, 1.165) is 32.7 Å². The van der Waals surface area contributed by atoms with Crippen LogP contribution in [0, 0.1) is 12.7 Å². The zero-order chi connectivity index (χ0) is 21.1. The van der Waals surface area contributed by atoms with Gasteiger partial charge in [0.15, 0.2) is 0 Å². The molecule has 0 spiro atoms. The SMILES string of the molecule is Cc1cccc(CNc2nc(C(CO)CO)nc3scc(-c4ccc(F)cc4)c23)n1. The van der Waals surface area contributed by atoms with E-state index in [-0.39, 0.29) is 19.0 Å². The van der Waals surface area contributed by atoms with Gasteiger partial charge in [0, 0.05) is 16.6 Å². The van der Waals surface area contributed by atoms with Crippen LogP contribution in [0.3, 0.4) is 0 Å². The van der Waals surface area contributed by atoms with Crippen molar-refractivity contribution in [3.05, 3.63) is 70.9 Å². The molecule has 3 heterocycles. The quantitative estimate of drug-likeness (QED) is 0.417. The Morgan fingerprint density at radius 3 is 2.50 bits per heavy atom. The highest BCUT2D eigenvalue weighted by Crippen LogP contribution is 2.37. The Labute approximate surface area is 177 Å². The summed E-state index contributed by atoms with van der Waals surface area (Å²) in [5, 5.41) is 25.3. The molecule has 4 aromatic rings. The summed E-state index contributed by atoms with van der Waals surface area (Å²) < 4.78 is 13.4. The molecule has 0 aliphatic carbocycles. The van der Waals surface area contributed by atoms with Crippen molar-refractivity contribution in [1.29, 1.82) is 0 Å². The lowest BCUT2D eigenvalue weighted by atomic mass is 10.1. The highest BCUT2D eigenvalue weighted by Gasteiger charge is 2.20. The second-order valence-corrected chi connectivity index (χ2v) is 7.81. The second-order valence-electron chi connectivity index (χ2n) is 6.95. The zero-order valence-electron chi connectivity index (χ0n) is 16.3. The van der Waals surface area contributed by atoms with E-state index in [1.165, 1.54) is 23.5 Å². The molecule has 30 heavy (non-hydrogen) atoms. The van der Waals surface area contributed by atoms with Gasteiger partial charge < -0.3 is 15.5 Å². The molecule has 0 aliphatic rings. The van der Waals surface area contributed by atoms with E-state index >= 15 is 0 Å². The Morgan fingerprint density at radius 2 is 1.80 bits per heavy atom. The van der Waals surface area contributed by atoms with Crippen molar-refractivity contribution < 1.29 is 14.6 Å². The maximum atomic E-state index is 13.4. The van der Waals surface area contributed by atoms with E-state index in [1.807, 2.05) is 30.5 Å². The minimum Gasteiger partial charge on any atom is -0.396 e. The molecule has 0 bridgehead atoms. The summed E-state index contributed by atoms with van der Waals surface area (Å²) in [7, 11) is 0. The normalized spacial score (nSPS) is 11.4. The minimum atomic E-state index is -0.566. The topological polar surface area (TPSA) is 91.2 Å². The Hall–Kier alpha value is -2.94. The van der Waals surface area contributed by atoms with Gasteiger partial charge in [0.1, 0.15) is 22.3 Å². The van der Waals surface area contributed by atoms with Gasteiger partial charge in [-0.15, -0.1) is 11.3 Å². The first-order valence-electron chi connectivity index (χ1n) is 9.52. The van der Waals surface area contributed by atoms with Crippen LogP contribution in [0.15, 0.2) is 47.8 Å². The maximum Gasteiger partial charge on any atom is 0.140 e. The molecule has 0 saturated heterocycles. The summed E-state index contributed by atoms with van der Waals surface area (Å²) in [6.45, 7) is 1.88. The van der Waals surface area contributed by atoms with Crippen molar-refractivity contribution in [2.24, 2.45) is 0 Å². The number of thiophene rings is 1. The molecule has 8 heteroatoms. The second kappa shape index (κ2) is 8.83. The standard InChI is InChI=1S/C22H21FN4O2S/c1-13-3-2-4-17(25-13)9-24-21-19-18(14-5-7-16(23)8-6-14)12-30-22(19)27-20(26-21)15(10-28)11-29/h2-8,12,15,28-29H,9-11H2,1H3,(H,24,26,27). The average molecular weight is 425 g/mol. The van der Waals surface area contributed by atoms with Crippen molar-refractivity contribution in [2.45, 2.75) is 19.4 Å². The van der Waals surface area contributed by atoms with E-state index in [4.69, 9.17) is 0 Å². The van der Waals surface area contributed by atoms with E-state index in [9.17, 15) is 14.6 Å². The highest BCUT2D eigenvalue weighted by molar-refractivity contribution is 7.17. The molecular formula is C22H21FN4O2S. The first-order chi connectivity index (χ1) is 14.6. The van der Waals surface area contributed by atoms with E-state index in [0.29, 0.717) is 18.2 Å². The Morgan fingerprint density at radius 1 is 1.03 bits per heavy atom. The number of aliphatic hydroxyl groups is 2. The van der Waals surface area contributed by atoms with Crippen molar-refractivity contribution in [1.82, 2.24) is 15.0 Å². The number of nitrogens with zero attached hydrogens (tertiary/aromatic N) is 3. The number of aliphatic hydroxyl groups excluding tert-OH is 2. The highest BCUT2D eigenvalue weighted by atomic mass is 32.1. The van der Waals surface area contributed by atoms with Crippen LogP contribution < -0.4 is 5.32 Å². The summed E-state index contributed by atoms with van der Waals surface area (Å²) >= 11 is 1.44. The summed E-state index contributed by atoms with van der Waals surface area (Å²) in [6, 6.07) is 12.1. The number of aryl methyl sites for hydroxylation is 1. The summed E-state index contributed by atoms with van der Waals surface area (Å²) in [5.74, 6) is 0.100. The van der Waals surface area contributed by atoms with E-state index in [2.05, 4.69) is 20.3 Å². The van der Waals surface area contributed by atoms with Gasteiger partial charge in [0.25, 0.3) is 0 Å². The largest absolute Gasteiger partial charge is 0.396 e. The molecule has 0 amide bonds. The van der Waals surface area contributed by atoms with Gasteiger partial charge in [-0.05, 0) is 36.8 Å². The molecule has 0 unspecified atom stereocenters. The van der Waals surface area contributed by atoms with Crippen LogP contribution in [0.25, 0.3) is 21.3 Å². The number of nitrogens with one attached hydrogen (secondary N) is 1. The van der Waals surface area contributed by atoms with E-state index < -0.39 is 5.92 Å². The molecule has 3 N–H and O–H groups in total. The number of pyridine rings is 1. The average Bonchev–Trinajstić information content (AvgIpc) is 3.18. The number of anilines is 1. The van der Waals surface area contributed by atoms with Crippen LogP contribution in [-0.4, -0.2) is 38.4 Å². The fraction of sp³-hybridized carbons (Fsp3) is 0.227. The third kappa shape index (κ3) is 4.16. The first-order valence-corrected chi connectivity index (χ1v) is 10.4. The van der Waals surface area contributed by atoms with Crippen molar-refractivity contribution in [2.75, 3.05) is 18.5 Å². The van der Waals surface area contributed by atoms with Gasteiger partial charge in [0.2, 0.25) is 0 Å². The maximum absolute atomic E-state index is 13.4. The molecule has 4 rings (SSSR count). The summed E-state index contributed by atoms with van der Waals surface area (Å²) in [5.41, 5.74) is 3.54. The summed E-state index contributed by atoms with van der Waals surface area (Å²) in [6.07, 6.45) is 0. The predicted molar refractivity (Wildman–Crippen MR) is 116 cm³/mol. The smallest absolute Gasteiger partial charge is 0.140 e. The third-order valence-electron chi connectivity index (χ3n) is 4.79. The summed E-state index contributed by atoms with van der Waals surface area (Å²) in [4.78, 5) is 14.4. The lowest BCUT2D eigenvalue weighted by Crippen LogP contribution is -2.14. The predicted octanol–water partition coefficient (Wildman–Crippen LogP) is 3.88. The number of halogens is 1. The number of hydrogen-bond acceptors (Lipinski definition) is 7. The number of fused-ring (bicyclic) bond motifs is 1. The van der Waals surface area contributed by atoms with Crippen molar-refractivity contribution >= 4 is 27.4 Å². The minimum absolute atomic E-state index is 0.253. The molecule has 3 aromatic heterocycles. The molecule has 1 aromatic carbocycles. The molecular weight excluding hydrogens is 403 g/mol. The van der Waals surface area contributed by atoms with Crippen LogP contribution >= 0.6 is 11.3 Å². The Balaban J connectivity index is 1.80. The van der Waals surface area contributed by atoms with E-state index in [1.54, 1.807) is 12.1 Å². The third-order valence-corrected chi connectivity index (χ3v) is 5.67. The number of aromatic nitrogens is 3. The van der Waals surface area contributed by atoms with Gasteiger partial charge in [-0.1, -0.05) is 18.2 Å². The molecule has 0 saturated carbocycles. The van der Waals surface area contributed by atoms with Crippen LogP contribution in [0.5, 0.6) is 0 Å². The molecule has 6 nitrogen and oxygen atoms in total. The van der Waals surface area contributed by atoms with Crippen LogP contribution in [0.2, 0.25) is 0 Å². The van der Waals surface area contributed by atoms with Crippen molar-refractivity contribution in [3.63, 3.8) is 0 Å². The van der Waals surface area contributed by atoms with Crippen LogP contribution in [-0.2, 0) is 6.54 Å². The molecule has 0 radical (unpaired) electrons. The Kier molecular flexibility index (Phi) is 5.98. The fourth-order valence-corrected chi connectivity index (χ4v) is 4.16. The number of benzene rings is 1. The van der Waals surface area contributed by atoms with Gasteiger partial charge in [-0.3, -0.25) is 4.98 Å². The Bertz CT molecular complexity index is 1160. The molecule has 0 fully saturated rings.